The standard InChI is InChI=1S/C27H30FN5O/c1-19-25-16-23-22-4-2-3-5-24(22)32(17-20-6-8-21(28)9-7-20)26(23)18-33(25)27(34)31(19)15-14-30-12-10-29-11-13-30/h2-9,25,29H,1,10-18H2. The number of nitrogens with zero attached hydrogens (tertiary/aromatic N) is 4. The van der Waals surface area contributed by atoms with Crippen LogP contribution in [0, 0.1) is 5.82 Å². The monoisotopic (exact) mass is 459 g/mol. The quantitative estimate of drug-likeness (QED) is 0.636. The number of nitrogens with one attached hydrogen (secondary N) is 1. The summed E-state index contributed by atoms with van der Waals surface area (Å²) in [7, 11) is 0. The van der Waals surface area contributed by atoms with E-state index in [4.69, 9.17) is 0 Å². The number of fused-ring (bicyclic) bond motifs is 4. The molecule has 3 aliphatic rings. The molecule has 0 spiro atoms. The fourth-order valence-corrected chi connectivity index (χ4v) is 5.74. The van der Waals surface area contributed by atoms with Crippen LogP contribution < -0.4 is 5.32 Å². The molecule has 6 nitrogen and oxygen atoms in total. The van der Waals surface area contributed by atoms with E-state index in [-0.39, 0.29) is 17.9 Å². The number of hydrogen-bond donors (Lipinski definition) is 1. The molecule has 6 rings (SSSR count). The van der Waals surface area contributed by atoms with Crippen molar-refractivity contribution in [3.8, 4) is 0 Å². The van der Waals surface area contributed by atoms with E-state index in [0.29, 0.717) is 19.6 Å². The van der Waals surface area contributed by atoms with Crippen molar-refractivity contribution in [2.75, 3.05) is 39.3 Å². The largest absolute Gasteiger partial charge is 0.338 e. The first kappa shape index (κ1) is 21.4. The van der Waals surface area contributed by atoms with Crippen molar-refractivity contribution in [2.45, 2.75) is 25.6 Å². The van der Waals surface area contributed by atoms with Gasteiger partial charge in [0, 0.05) is 74.5 Å². The summed E-state index contributed by atoms with van der Waals surface area (Å²) in [6.45, 7) is 11.2. The van der Waals surface area contributed by atoms with E-state index in [2.05, 4.69) is 45.6 Å². The third-order valence-corrected chi connectivity index (χ3v) is 7.60. The van der Waals surface area contributed by atoms with E-state index < -0.39 is 0 Å². The lowest BCUT2D eigenvalue weighted by molar-refractivity contribution is 0.172. The molecule has 1 atom stereocenters. The summed E-state index contributed by atoms with van der Waals surface area (Å²) in [6, 6.07) is 15.2. The van der Waals surface area contributed by atoms with Crippen molar-refractivity contribution in [1.29, 1.82) is 0 Å². The van der Waals surface area contributed by atoms with Crippen LogP contribution in [0.15, 0.2) is 60.8 Å². The van der Waals surface area contributed by atoms with Gasteiger partial charge in [-0.2, -0.15) is 0 Å². The molecule has 2 amide bonds. The Balaban J connectivity index is 1.29. The van der Waals surface area contributed by atoms with Gasteiger partial charge in [-0.25, -0.2) is 9.18 Å². The Morgan fingerprint density at radius 2 is 1.79 bits per heavy atom. The first-order valence-electron chi connectivity index (χ1n) is 12.1. The van der Waals surface area contributed by atoms with Gasteiger partial charge in [-0.1, -0.05) is 36.9 Å². The molecule has 7 heteroatoms. The van der Waals surface area contributed by atoms with Crippen LogP contribution in [0.2, 0.25) is 0 Å². The second kappa shape index (κ2) is 8.56. The number of piperazine rings is 1. The van der Waals surface area contributed by atoms with Crippen molar-refractivity contribution in [3.05, 3.63) is 83.4 Å². The Hall–Kier alpha value is -3.16. The maximum atomic E-state index is 13.5. The van der Waals surface area contributed by atoms with Gasteiger partial charge in [0.15, 0.2) is 0 Å². The van der Waals surface area contributed by atoms with Crippen molar-refractivity contribution >= 4 is 16.9 Å². The minimum atomic E-state index is -0.229. The number of carbonyl (C=O) groups excluding carboxylic acids is 1. The van der Waals surface area contributed by atoms with Gasteiger partial charge in [0.1, 0.15) is 5.82 Å². The maximum absolute atomic E-state index is 13.5. The van der Waals surface area contributed by atoms with Gasteiger partial charge in [-0.3, -0.25) is 9.80 Å². The Morgan fingerprint density at radius 1 is 1.03 bits per heavy atom. The zero-order chi connectivity index (χ0) is 23.2. The second-order valence-corrected chi connectivity index (χ2v) is 9.52. The molecule has 2 saturated heterocycles. The summed E-state index contributed by atoms with van der Waals surface area (Å²) < 4.78 is 15.8. The van der Waals surface area contributed by atoms with Crippen LogP contribution in [0.3, 0.4) is 0 Å². The third-order valence-electron chi connectivity index (χ3n) is 7.60. The SMILES string of the molecule is C=C1C2Cc3c(n(Cc4ccc(F)cc4)c4ccccc34)CN2C(=O)N1CCN1CCNCC1. The predicted molar refractivity (Wildman–Crippen MR) is 131 cm³/mol. The number of halogens is 1. The van der Waals surface area contributed by atoms with Crippen LogP contribution in [0.25, 0.3) is 10.9 Å². The Kier molecular flexibility index (Phi) is 5.38. The van der Waals surface area contributed by atoms with Crippen molar-refractivity contribution in [1.82, 2.24) is 24.6 Å². The van der Waals surface area contributed by atoms with Gasteiger partial charge in [0.2, 0.25) is 0 Å². The predicted octanol–water partition coefficient (Wildman–Crippen LogP) is 3.41. The lowest BCUT2D eigenvalue weighted by Crippen LogP contribution is -2.46. The minimum absolute atomic E-state index is 0.00750. The molecule has 2 fully saturated rings. The van der Waals surface area contributed by atoms with Crippen molar-refractivity contribution in [3.63, 3.8) is 0 Å². The first-order chi connectivity index (χ1) is 16.6. The molecule has 34 heavy (non-hydrogen) atoms. The Bertz CT molecular complexity index is 1240. The molecule has 1 aromatic heterocycles. The van der Waals surface area contributed by atoms with Crippen LogP contribution in [0.4, 0.5) is 9.18 Å². The smallest absolute Gasteiger partial charge is 0.325 e. The van der Waals surface area contributed by atoms with Gasteiger partial charge in [0.05, 0.1) is 12.6 Å². The fourth-order valence-electron chi connectivity index (χ4n) is 5.74. The summed E-state index contributed by atoms with van der Waals surface area (Å²) >= 11 is 0. The molecule has 4 heterocycles. The van der Waals surface area contributed by atoms with Gasteiger partial charge in [-0.05, 0) is 29.3 Å². The van der Waals surface area contributed by atoms with E-state index in [9.17, 15) is 9.18 Å². The number of aromatic nitrogens is 1. The maximum Gasteiger partial charge on any atom is 0.325 e. The normalized spacial score (nSPS) is 20.8. The molecular formula is C27H30FN5O. The van der Waals surface area contributed by atoms with E-state index >= 15 is 0 Å². The highest BCUT2D eigenvalue weighted by Crippen LogP contribution is 2.39. The fraction of sp³-hybridized carbons (Fsp3) is 0.370. The molecule has 1 unspecified atom stereocenters. The first-order valence-corrected chi connectivity index (χ1v) is 12.1. The Labute approximate surface area is 199 Å². The molecule has 2 aromatic carbocycles. The number of benzene rings is 2. The van der Waals surface area contributed by atoms with Crippen LogP contribution in [0.5, 0.6) is 0 Å². The van der Waals surface area contributed by atoms with E-state index in [1.54, 1.807) is 0 Å². The number of rotatable bonds is 5. The second-order valence-electron chi connectivity index (χ2n) is 9.52. The van der Waals surface area contributed by atoms with Crippen LogP contribution in [0.1, 0.15) is 16.8 Å². The van der Waals surface area contributed by atoms with E-state index in [1.165, 1.54) is 28.8 Å². The summed E-state index contributed by atoms with van der Waals surface area (Å²) in [5.74, 6) is -0.229. The van der Waals surface area contributed by atoms with Gasteiger partial charge >= 0.3 is 6.03 Å². The third kappa shape index (κ3) is 3.60. The van der Waals surface area contributed by atoms with Gasteiger partial charge in [0.25, 0.3) is 0 Å². The van der Waals surface area contributed by atoms with Gasteiger partial charge < -0.3 is 14.8 Å². The van der Waals surface area contributed by atoms with Crippen molar-refractivity contribution in [2.24, 2.45) is 0 Å². The van der Waals surface area contributed by atoms with Crippen LogP contribution in [-0.4, -0.2) is 70.6 Å². The molecule has 0 saturated carbocycles. The zero-order valence-electron chi connectivity index (χ0n) is 19.3. The van der Waals surface area contributed by atoms with E-state index in [1.807, 2.05) is 21.9 Å². The highest BCUT2D eigenvalue weighted by atomic mass is 19.1. The molecule has 0 bridgehead atoms. The van der Waals surface area contributed by atoms with Crippen LogP contribution >= 0.6 is 0 Å². The van der Waals surface area contributed by atoms with Crippen LogP contribution in [-0.2, 0) is 19.5 Å². The number of hydrogen-bond acceptors (Lipinski definition) is 3. The number of para-hydroxylation sites is 1. The average molecular weight is 460 g/mol. The zero-order valence-corrected chi connectivity index (χ0v) is 19.3. The number of urea groups is 1. The molecule has 0 radical (unpaired) electrons. The highest BCUT2D eigenvalue weighted by molar-refractivity contribution is 5.88. The molecular weight excluding hydrogens is 429 g/mol. The topological polar surface area (TPSA) is 43.8 Å². The minimum Gasteiger partial charge on any atom is -0.338 e. The van der Waals surface area contributed by atoms with E-state index in [0.717, 1.165) is 55.9 Å². The molecule has 3 aromatic rings. The highest BCUT2D eigenvalue weighted by Gasteiger charge is 2.44. The molecule has 3 aliphatic heterocycles. The summed E-state index contributed by atoms with van der Waals surface area (Å²) in [6.07, 6.45) is 0.779. The van der Waals surface area contributed by atoms with Gasteiger partial charge in [-0.15, -0.1) is 0 Å². The number of carbonyl (C=O) groups is 1. The molecule has 0 aliphatic carbocycles. The number of amides is 2. The molecule has 1 N–H and O–H groups in total. The Morgan fingerprint density at radius 3 is 2.59 bits per heavy atom. The lowest BCUT2D eigenvalue weighted by Gasteiger charge is -2.29. The average Bonchev–Trinajstić information content (AvgIpc) is 3.30. The summed E-state index contributed by atoms with van der Waals surface area (Å²) in [5.41, 5.74) is 5.60. The molecule has 176 valence electrons. The lowest BCUT2D eigenvalue weighted by atomic mass is 9.96. The summed E-state index contributed by atoms with van der Waals surface area (Å²) in [5, 5.41) is 4.61. The summed E-state index contributed by atoms with van der Waals surface area (Å²) in [4.78, 5) is 19.8. The van der Waals surface area contributed by atoms with Crippen molar-refractivity contribution < 1.29 is 9.18 Å².